The van der Waals surface area contributed by atoms with Crippen molar-refractivity contribution in [2.45, 2.75) is 33.1 Å². The van der Waals surface area contributed by atoms with Gasteiger partial charge in [-0.3, -0.25) is 15.0 Å². The van der Waals surface area contributed by atoms with Crippen LogP contribution in [0.15, 0.2) is 47.2 Å². The molecule has 2 aromatic heterocycles. The summed E-state index contributed by atoms with van der Waals surface area (Å²) in [6, 6.07) is 5.58. The van der Waals surface area contributed by atoms with Crippen molar-refractivity contribution in [2.75, 3.05) is 63.7 Å². The smallest absolute Gasteiger partial charge is 0.257 e. The maximum absolute atomic E-state index is 13.1. The maximum atomic E-state index is 13.1. The molecule has 42 heavy (non-hydrogen) atoms. The van der Waals surface area contributed by atoms with E-state index in [-0.39, 0.29) is 11.3 Å². The molecule has 3 aromatic rings. The molecule has 3 N–H and O–H groups in total. The Balaban J connectivity index is 1.30. The van der Waals surface area contributed by atoms with E-state index in [4.69, 9.17) is 4.74 Å². The summed E-state index contributed by atoms with van der Waals surface area (Å²) < 4.78 is 5.44. The molecular weight excluding hydrogens is 550 g/mol. The van der Waals surface area contributed by atoms with Crippen molar-refractivity contribution in [3.8, 4) is 0 Å². The van der Waals surface area contributed by atoms with E-state index in [0.717, 1.165) is 73.4 Å². The number of hydrogen-bond donors (Lipinski definition) is 3. The van der Waals surface area contributed by atoms with Crippen molar-refractivity contribution in [2.24, 2.45) is 4.99 Å². The molecule has 5 rings (SSSR count). The van der Waals surface area contributed by atoms with Gasteiger partial charge in [0.1, 0.15) is 24.6 Å². The Morgan fingerprint density at radius 2 is 2.00 bits per heavy atom. The lowest BCUT2D eigenvalue weighted by molar-refractivity contribution is 0.0389. The fourth-order valence-corrected chi connectivity index (χ4v) is 5.52. The van der Waals surface area contributed by atoms with Crippen molar-refractivity contribution in [3.05, 3.63) is 64.6 Å². The van der Waals surface area contributed by atoms with Gasteiger partial charge in [-0.1, -0.05) is 26.8 Å². The van der Waals surface area contributed by atoms with Crippen molar-refractivity contribution < 1.29 is 9.53 Å². The van der Waals surface area contributed by atoms with Gasteiger partial charge in [0.05, 0.1) is 30.2 Å². The summed E-state index contributed by atoms with van der Waals surface area (Å²) in [4.78, 5) is 35.7. The van der Waals surface area contributed by atoms with E-state index in [1.807, 2.05) is 43.6 Å². The molecule has 1 aromatic carbocycles. The third kappa shape index (κ3) is 7.30. The number of aromatic nitrogens is 3. The van der Waals surface area contributed by atoms with Crippen LogP contribution in [-0.2, 0) is 10.2 Å². The highest BCUT2D eigenvalue weighted by atomic mass is 32.1. The molecule has 0 radical (unpaired) electrons. The molecule has 0 spiro atoms. The fourth-order valence-electron chi connectivity index (χ4n) is 4.59. The number of morpholine rings is 1. The van der Waals surface area contributed by atoms with Crippen molar-refractivity contribution in [1.29, 1.82) is 0 Å². The zero-order valence-corrected chi connectivity index (χ0v) is 25.7. The zero-order valence-electron chi connectivity index (χ0n) is 24.9. The summed E-state index contributed by atoms with van der Waals surface area (Å²) in [6.07, 6.45) is 5.35. The second kappa shape index (κ2) is 13.0. The van der Waals surface area contributed by atoms with Crippen molar-refractivity contribution in [1.82, 2.24) is 30.1 Å². The lowest BCUT2D eigenvalue weighted by Crippen LogP contribution is -2.41. The number of anilines is 3. The third-order valence-corrected chi connectivity index (χ3v) is 7.97. The molecule has 0 unspecified atom stereocenters. The number of thiazole rings is 1. The van der Waals surface area contributed by atoms with Crippen LogP contribution >= 0.6 is 11.3 Å². The number of rotatable bonds is 8. The summed E-state index contributed by atoms with van der Waals surface area (Å²) >= 11 is 1.43. The van der Waals surface area contributed by atoms with Gasteiger partial charge in [-0.2, -0.15) is 0 Å². The molecule has 0 atom stereocenters. The first-order valence-corrected chi connectivity index (χ1v) is 15.0. The highest BCUT2D eigenvalue weighted by Gasteiger charge is 2.21. The SMILES string of the molecule is Cc1ccc(C(=O)Nc2nc(C(C)(C)C)cs2)cc1Nc1ncncc1C1=CC(NCCN2CCOCC2)=NCN1C. The van der Waals surface area contributed by atoms with Crippen molar-refractivity contribution in [3.63, 3.8) is 0 Å². The van der Waals surface area contributed by atoms with Crippen LogP contribution in [0.5, 0.6) is 0 Å². The molecule has 0 aliphatic carbocycles. The zero-order chi connectivity index (χ0) is 29.7. The molecule has 0 bridgehead atoms. The lowest BCUT2D eigenvalue weighted by atomic mass is 9.93. The Bertz CT molecular complexity index is 1470. The predicted molar refractivity (Wildman–Crippen MR) is 169 cm³/mol. The predicted octanol–water partition coefficient (Wildman–Crippen LogP) is 4.10. The molecule has 1 fully saturated rings. The van der Waals surface area contributed by atoms with Crippen molar-refractivity contribution >= 4 is 45.4 Å². The number of aliphatic imine (C=N–C) groups is 1. The number of amidine groups is 1. The van der Waals surface area contributed by atoms with Gasteiger partial charge in [0, 0.05) is 67.5 Å². The monoisotopic (exact) mass is 589 g/mol. The summed E-state index contributed by atoms with van der Waals surface area (Å²) in [6.45, 7) is 14.0. The molecule has 11 nitrogen and oxygen atoms in total. The van der Waals surface area contributed by atoms with E-state index in [2.05, 4.69) is 66.5 Å². The van der Waals surface area contributed by atoms with Gasteiger partial charge >= 0.3 is 0 Å². The normalized spacial score (nSPS) is 16.1. The molecule has 1 amide bonds. The molecule has 2 aliphatic rings. The number of amides is 1. The van der Waals surface area contributed by atoms with Crippen LogP contribution < -0.4 is 16.0 Å². The number of carbonyl (C=O) groups is 1. The molecule has 12 heteroatoms. The van der Waals surface area contributed by atoms with Gasteiger partial charge in [-0.05, 0) is 24.6 Å². The number of carbonyl (C=O) groups excluding carboxylic acids is 1. The quantitative estimate of drug-likeness (QED) is 0.357. The van der Waals surface area contributed by atoms with E-state index < -0.39 is 0 Å². The summed E-state index contributed by atoms with van der Waals surface area (Å²) in [7, 11) is 2.00. The maximum Gasteiger partial charge on any atom is 0.257 e. The molecule has 1 saturated heterocycles. The van der Waals surface area contributed by atoms with Crippen LogP contribution in [-0.4, -0.2) is 89.6 Å². The molecule has 222 valence electrons. The van der Waals surface area contributed by atoms with Crippen LogP contribution in [0.3, 0.4) is 0 Å². The number of hydrogen-bond acceptors (Lipinski definition) is 11. The van der Waals surface area contributed by atoms with Crippen LogP contribution in [0.2, 0.25) is 0 Å². The molecular formula is C30H39N9O2S. The minimum absolute atomic E-state index is 0.0802. The Morgan fingerprint density at radius 1 is 1.19 bits per heavy atom. The van der Waals surface area contributed by atoms with Gasteiger partial charge in [0.15, 0.2) is 5.13 Å². The third-order valence-electron chi connectivity index (χ3n) is 7.21. The highest BCUT2D eigenvalue weighted by molar-refractivity contribution is 7.14. The number of ether oxygens (including phenoxy) is 1. The van der Waals surface area contributed by atoms with E-state index in [1.54, 1.807) is 6.20 Å². The average molecular weight is 590 g/mol. The largest absolute Gasteiger partial charge is 0.379 e. The minimum atomic E-state index is -0.213. The highest BCUT2D eigenvalue weighted by Crippen LogP contribution is 2.30. The van der Waals surface area contributed by atoms with Gasteiger partial charge < -0.3 is 20.3 Å². The van der Waals surface area contributed by atoms with E-state index in [0.29, 0.717) is 23.2 Å². The second-order valence-corrected chi connectivity index (χ2v) is 12.3. The number of nitrogens with zero attached hydrogens (tertiary/aromatic N) is 6. The first-order valence-electron chi connectivity index (χ1n) is 14.1. The first kappa shape index (κ1) is 29.6. The number of nitrogens with one attached hydrogen (secondary N) is 3. The van der Waals surface area contributed by atoms with Crippen LogP contribution in [0.4, 0.5) is 16.6 Å². The van der Waals surface area contributed by atoms with Crippen LogP contribution in [0, 0.1) is 6.92 Å². The van der Waals surface area contributed by atoms with Gasteiger partial charge in [-0.25, -0.2) is 19.9 Å². The summed E-state index contributed by atoms with van der Waals surface area (Å²) in [5.41, 5.74) is 4.96. The van der Waals surface area contributed by atoms with Crippen LogP contribution in [0.25, 0.3) is 5.70 Å². The molecule has 2 aliphatic heterocycles. The van der Waals surface area contributed by atoms with E-state index in [1.165, 1.54) is 17.7 Å². The Morgan fingerprint density at radius 3 is 2.76 bits per heavy atom. The minimum Gasteiger partial charge on any atom is -0.379 e. The average Bonchev–Trinajstić information content (AvgIpc) is 3.45. The van der Waals surface area contributed by atoms with Gasteiger partial charge in [0.2, 0.25) is 0 Å². The van der Waals surface area contributed by atoms with E-state index in [9.17, 15) is 4.79 Å². The lowest BCUT2D eigenvalue weighted by Gasteiger charge is -2.28. The Labute approximate surface area is 251 Å². The summed E-state index contributed by atoms with van der Waals surface area (Å²) in [5.74, 6) is 1.26. The van der Waals surface area contributed by atoms with E-state index >= 15 is 0 Å². The van der Waals surface area contributed by atoms with Gasteiger partial charge in [0.25, 0.3) is 5.91 Å². The Kier molecular flexibility index (Phi) is 9.15. The second-order valence-electron chi connectivity index (χ2n) is 11.5. The molecule has 0 saturated carbocycles. The summed E-state index contributed by atoms with van der Waals surface area (Å²) in [5, 5.41) is 12.4. The standard InChI is InChI=1S/C30H39N9O2S/c1-20-6-7-21(28(40)37-29-36-25(17-42-29)30(2,3)4)14-23(20)35-27-22(16-31-18-33-27)24-15-26(34-19-38(24)5)32-8-9-39-10-12-41-13-11-39/h6-7,14-18H,8-13,19H2,1-5H3,(H,32,34)(H,31,33,35)(H,36,37,40). The van der Waals surface area contributed by atoms with Crippen LogP contribution in [0.1, 0.15) is 48.0 Å². The fraction of sp³-hybridized carbons (Fsp3) is 0.433. The molecule has 4 heterocycles. The topological polar surface area (TPSA) is 120 Å². The number of aryl methyl sites for hydroxylation is 1. The first-order chi connectivity index (χ1) is 20.2. The Hall–Kier alpha value is -3.87. The van der Waals surface area contributed by atoms with Gasteiger partial charge in [-0.15, -0.1) is 11.3 Å². The number of benzene rings is 1.